The first-order valence-electron chi connectivity index (χ1n) is 3.14. The van der Waals surface area contributed by atoms with Crippen LogP contribution in [0.5, 0.6) is 0 Å². The summed E-state index contributed by atoms with van der Waals surface area (Å²) in [5.41, 5.74) is 0. The fraction of sp³-hybridized carbons (Fsp3) is 0.857. The minimum absolute atomic E-state index is 0.194. The minimum atomic E-state index is 0.194. The molecule has 0 aliphatic carbocycles. The maximum absolute atomic E-state index is 5.01. The Hall–Kier alpha value is -0.0800. The molecule has 0 saturated heterocycles. The zero-order valence-electron chi connectivity index (χ0n) is 6.39. The number of methoxy groups -OCH3 is 1. The molecule has 0 rings (SSSR count). The van der Waals surface area contributed by atoms with Crippen LogP contribution in [-0.4, -0.2) is 19.3 Å². The van der Waals surface area contributed by atoms with Gasteiger partial charge < -0.3 is 9.47 Å². The Balaban J connectivity index is 3.22. The van der Waals surface area contributed by atoms with E-state index in [1.807, 2.05) is 13.8 Å². The molecule has 1 radical (unpaired) electrons. The van der Waals surface area contributed by atoms with Crippen LogP contribution in [0.4, 0.5) is 0 Å². The smallest absolute Gasteiger partial charge is 0.0704 e. The van der Waals surface area contributed by atoms with Gasteiger partial charge in [-0.05, 0) is 20.3 Å². The average Bonchev–Trinajstić information content (AvgIpc) is 1.87. The lowest BCUT2D eigenvalue weighted by Crippen LogP contribution is -2.14. The van der Waals surface area contributed by atoms with Gasteiger partial charge in [0, 0.05) is 7.11 Å². The first-order chi connectivity index (χ1) is 4.20. The van der Waals surface area contributed by atoms with Crippen molar-refractivity contribution in [2.45, 2.75) is 32.5 Å². The van der Waals surface area contributed by atoms with Crippen molar-refractivity contribution >= 4 is 0 Å². The SMILES string of the molecule is [CH2]OC(C)CC(C)OC. The summed E-state index contributed by atoms with van der Waals surface area (Å²) in [4.78, 5) is 0. The number of rotatable bonds is 4. The molecular formula is C7H15O2. The Kier molecular flexibility index (Phi) is 4.72. The highest BCUT2D eigenvalue weighted by atomic mass is 16.5. The summed E-state index contributed by atoms with van der Waals surface area (Å²) < 4.78 is 9.81. The van der Waals surface area contributed by atoms with Gasteiger partial charge in [-0.25, -0.2) is 0 Å². The molecular weight excluding hydrogens is 116 g/mol. The van der Waals surface area contributed by atoms with E-state index < -0.39 is 0 Å². The molecule has 0 aromatic heterocycles. The van der Waals surface area contributed by atoms with E-state index in [1.165, 1.54) is 0 Å². The molecule has 0 aromatic rings. The van der Waals surface area contributed by atoms with Crippen molar-refractivity contribution < 1.29 is 9.47 Å². The zero-order valence-corrected chi connectivity index (χ0v) is 6.39. The van der Waals surface area contributed by atoms with Crippen LogP contribution in [0.1, 0.15) is 20.3 Å². The quantitative estimate of drug-likeness (QED) is 0.577. The van der Waals surface area contributed by atoms with Crippen LogP contribution in [-0.2, 0) is 9.47 Å². The van der Waals surface area contributed by atoms with Crippen molar-refractivity contribution in [1.82, 2.24) is 0 Å². The van der Waals surface area contributed by atoms with Crippen LogP contribution in [0.25, 0.3) is 0 Å². The molecule has 0 N–H and O–H groups in total. The van der Waals surface area contributed by atoms with E-state index in [0.29, 0.717) is 0 Å². The molecule has 0 aromatic carbocycles. The maximum Gasteiger partial charge on any atom is 0.0704 e. The van der Waals surface area contributed by atoms with E-state index in [9.17, 15) is 0 Å². The molecule has 0 heterocycles. The second kappa shape index (κ2) is 4.77. The first-order valence-corrected chi connectivity index (χ1v) is 3.14. The molecule has 2 nitrogen and oxygen atoms in total. The largest absolute Gasteiger partial charge is 0.382 e. The lowest BCUT2D eigenvalue weighted by molar-refractivity contribution is 0.0534. The van der Waals surface area contributed by atoms with Gasteiger partial charge in [0.25, 0.3) is 0 Å². The summed E-state index contributed by atoms with van der Waals surface area (Å²) in [6.07, 6.45) is 1.36. The molecule has 0 aliphatic heterocycles. The highest BCUT2D eigenvalue weighted by molar-refractivity contribution is 4.56. The Labute approximate surface area is 57.2 Å². The molecule has 2 heteroatoms. The van der Waals surface area contributed by atoms with Crippen LogP contribution in [0.2, 0.25) is 0 Å². The number of hydrogen-bond donors (Lipinski definition) is 0. The van der Waals surface area contributed by atoms with Gasteiger partial charge in [0.05, 0.1) is 19.3 Å². The standard InChI is InChI=1S/C7H15O2/c1-6(8-3)5-7(2)9-4/h6-7H,3,5H2,1-2,4H3. The number of hydrogen-bond acceptors (Lipinski definition) is 2. The molecule has 2 unspecified atom stereocenters. The van der Waals surface area contributed by atoms with Crippen LogP contribution >= 0.6 is 0 Å². The van der Waals surface area contributed by atoms with Gasteiger partial charge in [0.1, 0.15) is 0 Å². The fourth-order valence-corrected chi connectivity index (χ4v) is 0.632. The Morgan fingerprint density at radius 1 is 1.33 bits per heavy atom. The van der Waals surface area contributed by atoms with Gasteiger partial charge in [-0.3, -0.25) is 0 Å². The lowest BCUT2D eigenvalue weighted by Gasteiger charge is -2.13. The summed E-state index contributed by atoms with van der Waals surface area (Å²) in [6, 6.07) is 0. The summed E-state index contributed by atoms with van der Waals surface area (Å²) >= 11 is 0. The van der Waals surface area contributed by atoms with E-state index >= 15 is 0 Å². The molecule has 0 saturated carbocycles. The second-order valence-electron chi connectivity index (χ2n) is 2.26. The van der Waals surface area contributed by atoms with Crippen molar-refractivity contribution in [3.8, 4) is 0 Å². The van der Waals surface area contributed by atoms with Crippen LogP contribution in [0.3, 0.4) is 0 Å². The normalized spacial score (nSPS) is 17.3. The van der Waals surface area contributed by atoms with E-state index in [4.69, 9.17) is 9.47 Å². The molecule has 55 valence electrons. The van der Waals surface area contributed by atoms with Gasteiger partial charge in [0.2, 0.25) is 0 Å². The van der Waals surface area contributed by atoms with Crippen molar-refractivity contribution in [2.75, 3.05) is 7.11 Å². The second-order valence-corrected chi connectivity index (χ2v) is 2.26. The predicted molar refractivity (Wildman–Crippen MR) is 37.0 cm³/mol. The topological polar surface area (TPSA) is 18.5 Å². The highest BCUT2D eigenvalue weighted by Gasteiger charge is 2.04. The number of ether oxygens (including phenoxy) is 2. The van der Waals surface area contributed by atoms with E-state index in [-0.39, 0.29) is 12.2 Å². The molecule has 0 aliphatic rings. The molecule has 2 atom stereocenters. The molecule has 0 bridgehead atoms. The highest BCUT2D eigenvalue weighted by Crippen LogP contribution is 2.02. The summed E-state index contributed by atoms with van der Waals surface area (Å²) in [5.74, 6) is 0. The van der Waals surface area contributed by atoms with E-state index in [0.717, 1.165) is 6.42 Å². The summed E-state index contributed by atoms with van der Waals surface area (Å²) in [6.45, 7) is 3.98. The molecule has 0 spiro atoms. The van der Waals surface area contributed by atoms with Crippen molar-refractivity contribution in [1.29, 1.82) is 0 Å². The third kappa shape index (κ3) is 4.43. The predicted octanol–water partition coefficient (Wildman–Crippen LogP) is 1.61. The van der Waals surface area contributed by atoms with Crippen LogP contribution in [0.15, 0.2) is 0 Å². The van der Waals surface area contributed by atoms with Crippen molar-refractivity contribution in [2.24, 2.45) is 0 Å². The van der Waals surface area contributed by atoms with Gasteiger partial charge in [-0.15, -0.1) is 0 Å². The Morgan fingerprint density at radius 3 is 2.22 bits per heavy atom. The monoisotopic (exact) mass is 131 g/mol. The van der Waals surface area contributed by atoms with Crippen molar-refractivity contribution in [3.63, 3.8) is 0 Å². The average molecular weight is 131 g/mol. The van der Waals surface area contributed by atoms with Gasteiger partial charge in [0.15, 0.2) is 0 Å². The Morgan fingerprint density at radius 2 is 1.89 bits per heavy atom. The zero-order chi connectivity index (χ0) is 7.28. The summed E-state index contributed by atoms with van der Waals surface area (Å²) in [7, 11) is 5.01. The van der Waals surface area contributed by atoms with Crippen LogP contribution in [0, 0.1) is 7.11 Å². The third-order valence-corrected chi connectivity index (χ3v) is 1.35. The van der Waals surface area contributed by atoms with E-state index in [2.05, 4.69) is 7.11 Å². The van der Waals surface area contributed by atoms with Crippen LogP contribution < -0.4 is 0 Å². The Bertz CT molecular complexity index is 55.9. The minimum Gasteiger partial charge on any atom is -0.382 e. The molecule has 0 amide bonds. The van der Waals surface area contributed by atoms with Gasteiger partial charge >= 0.3 is 0 Å². The first kappa shape index (κ1) is 8.92. The van der Waals surface area contributed by atoms with Gasteiger partial charge in [-0.1, -0.05) is 0 Å². The van der Waals surface area contributed by atoms with Crippen molar-refractivity contribution in [3.05, 3.63) is 7.11 Å². The van der Waals surface area contributed by atoms with Gasteiger partial charge in [-0.2, -0.15) is 0 Å². The maximum atomic E-state index is 5.01. The fourth-order valence-electron chi connectivity index (χ4n) is 0.632. The third-order valence-electron chi connectivity index (χ3n) is 1.35. The molecule has 0 fully saturated rings. The summed E-state index contributed by atoms with van der Waals surface area (Å²) in [5, 5.41) is 0. The van der Waals surface area contributed by atoms with E-state index in [1.54, 1.807) is 7.11 Å². The lowest BCUT2D eigenvalue weighted by atomic mass is 10.2. The molecule has 9 heavy (non-hydrogen) atoms.